The fourth-order valence-electron chi connectivity index (χ4n) is 3.35. The van der Waals surface area contributed by atoms with Gasteiger partial charge in [0.1, 0.15) is 0 Å². The van der Waals surface area contributed by atoms with E-state index < -0.39 is 0 Å². The van der Waals surface area contributed by atoms with Gasteiger partial charge in [-0.05, 0) is 40.7 Å². The van der Waals surface area contributed by atoms with Crippen molar-refractivity contribution in [1.29, 1.82) is 0 Å². The molecular formula is C19H28N2O4. The molecule has 1 aromatic rings. The number of hydrogen-bond acceptors (Lipinski definition) is 4. The zero-order chi connectivity index (χ0) is 18.6. The smallest absolute Gasteiger partial charge is 0.340 e. The van der Waals surface area contributed by atoms with Crippen LogP contribution >= 0.6 is 0 Å². The predicted octanol–water partition coefficient (Wildman–Crippen LogP) is 2.56. The average molecular weight is 348 g/mol. The molecule has 0 aromatic carbocycles. The van der Waals surface area contributed by atoms with Crippen LogP contribution in [-0.4, -0.2) is 53.8 Å². The lowest BCUT2D eigenvalue weighted by molar-refractivity contribution is -0.133. The van der Waals surface area contributed by atoms with Gasteiger partial charge in [0.2, 0.25) is 5.91 Å². The quantitative estimate of drug-likeness (QED) is 0.606. The molecule has 1 saturated heterocycles. The molecule has 1 aromatic heterocycles. The molecule has 1 aliphatic rings. The summed E-state index contributed by atoms with van der Waals surface area (Å²) < 4.78 is 12.6. The summed E-state index contributed by atoms with van der Waals surface area (Å²) in [5.41, 5.74) is 3.12. The number of hydrogen-bond donors (Lipinski definition) is 0. The SMILES string of the molecule is CCOC(=O)c1c(/C=C/C(=O)N2CCOC[C@@H]2C)c(C)n(CC)c1C. The first-order valence-electron chi connectivity index (χ1n) is 8.85. The van der Waals surface area contributed by atoms with Gasteiger partial charge in [0.05, 0.1) is 31.4 Å². The van der Waals surface area contributed by atoms with Gasteiger partial charge in [-0.2, -0.15) is 0 Å². The summed E-state index contributed by atoms with van der Waals surface area (Å²) in [5, 5.41) is 0. The minimum absolute atomic E-state index is 0.0542. The maximum atomic E-state index is 12.5. The second-order valence-electron chi connectivity index (χ2n) is 6.21. The normalized spacial score (nSPS) is 18.0. The molecular weight excluding hydrogens is 320 g/mol. The molecule has 0 spiro atoms. The van der Waals surface area contributed by atoms with Crippen molar-refractivity contribution < 1.29 is 19.1 Å². The molecule has 0 radical (unpaired) electrons. The van der Waals surface area contributed by atoms with Gasteiger partial charge in [0, 0.05) is 36.1 Å². The minimum Gasteiger partial charge on any atom is -0.462 e. The number of esters is 1. The van der Waals surface area contributed by atoms with Gasteiger partial charge in [-0.25, -0.2) is 4.79 Å². The summed E-state index contributed by atoms with van der Waals surface area (Å²) in [6.07, 6.45) is 3.29. The summed E-state index contributed by atoms with van der Waals surface area (Å²) in [6.45, 7) is 12.4. The van der Waals surface area contributed by atoms with Crippen LogP contribution in [-0.2, 0) is 20.8 Å². The summed E-state index contributed by atoms with van der Waals surface area (Å²) in [6, 6.07) is 0.0542. The molecule has 0 N–H and O–H groups in total. The standard InChI is InChI=1S/C19H28N2O4/c1-6-20-14(4)16(18(15(20)5)19(23)25-7-2)8-9-17(22)21-10-11-24-12-13(21)3/h8-9,13H,6-7,10-12H2,1-5H3/b9-8+/t13-/m0/s1. The third kappa shape index (κ3) is 3.95. The van der Waals surface area contributed by atoms with E-state index in [0.29, 0.717) is 31.9 Å². The topological polar surface area (TPSA) is 60.8 Å². The zero-order valence-corrected chi connectivity index (χ0v) is 15.8. The highest BCUT2D eigenvalue weighted by molar-refractivity contribution is 5.99. The molecule has 25 heavy (non-hydrogen) atoms. The van der Waals surface area contributed by atoms with Crippen LogP contribution in [0.5, 0.6) is 0 Å². The minimum atomic E-state index is -0.345. The summed E-state index contributed by atoms with van der Waals surface area (Å²) in [4.78, 5) is 26.7. The monoisotopic (exact) mass is 348 g/mol. The van der Waals surface area contributed by atoms with Crippen LogP contribution in [0.1, 0.15) is 48.1 Å². The number of ether oxygens (including phenoxy) is 2. The van der Waals surface area contributed by atoms with Crippen LogP contribution in [0.3, 0.4) is 0 Å². The molecule has 6 heteroatoms. The Morgan fingerprint density at radius 1 is 1.28 bits per heavy atom. The summed E-state index contributed by atoms with van der Waals surface area (Å²) in [5.74, 6) is -0.408. The van der Waals surface area contributed by atoms with E-state index in [-0.39, 0.29) is 17.9 Å². The molecule has 1 amide bonds. The lowest BCUT2D eigenvalue weighted by Crippen LogP contribution is -2.46. The van der Waals surface area contributed by atoms with Gasteiger partial charge < -0.3 is 18.9 Å². The number of amides is 1. The van der Waals surface area contributed by atoms with Gasteiger partial charge in [-0.15, -0.1) is 0 Å². The van der Waals surface area contributed by atoms with Gasteiger partial charge in [0.15, 0.2) is 0 Å². The van der Waals surface area contributed by atoms with Gasteiger partial charge >= 0.3 is 5.97 Å². The number of carbonyl (C=O) groups is 2. The van der Waals surface area contributed by atoms with Crippen molar-refractivity contribution in [2.45, 2.75) is 47.2 Å². The van der Waals surface area contributed by atoms with E-state index in [1.165, 1.54) is 0 Å². The first kappa shape index (κ1) is 19.2. The number of nitrogens with zero attached hydrogens (tertiary/aromatic N) is 2. The summed E-state index contributed by atoms with van der Waals surface area (Å²) in [7, 11) is 0. The molecule has 138 valence electrons. The van der Waals surface area contributed by atoms with Crippen LogP contribution in [0.25, 0.3) is 6.08 Å². The third-order valence-electron chi connectivity index (χ3n) is 4.67. The molecule has 2 rings (SSSR count). The van der Waals surface area contributed by atoms with Gasteiger partial charge in [-0.1, -0.05) is 0 Å². The number of aromatic nitrogens is 1. The fourth-order valence-corrected chi connectivity index (χ4v) is 3.35. The second kappa shape index (κ2) is 8.34. The average Bonchev–Trinajstić information content (AvgIpc) is 2.83. The van der Waals surface area contributed by atoms with E-state index >= 15 is 0 Å². The van der Waals surface area contributed by atoms with Crippen molar-refractivity contribution in [2.75, 3.05) is 26.4 Å². The Kier molecular flexibility index (Phi) is 6.42. The Labute approximate surface area is 149 Å². The van der Waals surface area contributed by atoms with Crippen LogP contribution in [0.15, 0.2) is 6.08 Å². The molecule has 0 bridgehead atoms. The molecule has 2 heterocycles. The van der Waals surface area contributed by atoms with Crippen molar-refractivity contribution in [1.82, 2.24) is 9.47 Å². The van der Waals surface area contributed by atoms with E-state index in [1.807, 2.05) is 27.7 Å². The lowest BCUT2D eigenvalue weighted by Gasteiger charge is -2.32. The van der Waals surface area contributed by atoms with E-state index in [2.05, 4.69) is 4.57 Å². The highest BCUT2D eigenvalue weighted by Gasteiger charge is 2.24. The van der Waals surface area contributed by atoms with Crippen molar-refractivity contribution in [3.63, 3.8) is 0 Å². The first-order chi connectivity index (χ1) is 11.9. The van der Waals surface area contributed by atoms with E-state index in [1.54, 1.807) is 24.0 Å². The Hall–Kier alpha value is -2.08. The number of carbonyl (C=O) groups excluding carboxylic acids is 2. The largest absolute Gasteiger partial charge is 0.462 e. The van der Waals surface area contributed by atoms with Crippen LogP contribution < -0.4 is 0 Å². The summed E-state index contributed by atoms with van der Waals surface area (Å²) >= 11 is 0. The Morgan fingerprint density at radius 3 is 2.60 bits per heavy atom. The maximum Gasteiger partial charge on any atom is 0.340 e. The van der Waals surface area contributed by atoms with Crippen molar-refractivity contribution in [3.8, 4) is 0 Å². The molecule has 0 unspecified atom stereocenters. The van der Waals surface area contributed by atoms with Gasteiger partial charge in [-0.3, -0.25) is 4.79 Å². The van der Waals surface area contributed by atoms with Crippen molar-refractivity contribution in [3.05, 3.63) is 28.6 Å². The van der Waals surface area contributed by atoms with E-state index in [9.17, 15) is 9.59 Å². The van der Waals surface area contributed by atoms with Crippen LogP contribution in [0.4, 0.5) is 0 Å². The highest BCUT2D eigenvalue weighted by atomic mass is 16.5. The van der Waals surface area contributed by atoms with Crippen LogP contribution in [0.2, 0.25) is 0 Å². The lowest BCUT2D eigenvalue weighted by atomic mass is 10.1. The fraction of sp³-hybridized carbons (Fsp3) is 0.579. The molecule has 6 nitrogen and oxygen atoms in total. The van der Waals surface area contributed by atoms with Crippen LogP contribution in [0, 0.1) is 13.8 Å². The number of rotatable bonds is 5. The first-order valence-corrected chi connectivity index (χ1v) is 8.85. The predicted molar refractivity (Wildman–Crippen MR) is 96.6 cm³/mol. The Morgan fingerprint density at radius 2 is 2.00 bits per heavy atom. The molecule has 0 saturated carbocycles. The Balaban J connectivity index is 2.34. The van der Waals surface area contributed by atoms with E-state index in [4.69, 9.17) is 9.47 Å². The van der Waals surface area contributed by atoms with Crippen molar-refractivity contribution >= 4 is 18.0 Å². The van der Waals surface area contributed by atoms with Crippen molar-refractivity contribution in [2.24, 2.45) is 0 Å². The zero-order valence-electron chi connectivity index (χ0n) is 15.8. The maximum absolute atomic E-state index is 12.5. The molecule has 1 aliphatic heterocycles. The second-order valence-corrected chi connectivity index (χ2v) is 6.21. The molecule has 0 aliphatic carbocycles. The number of morpholine rings is 1. The molecule has 1 fully saturated rings. The molecule has 1 atom stereocenters. The van der Waals surface area contributed by atoms with E-state index in [0.717, 1.165) is 23.5 Å². The highest BCUT2D eigenvalue weighted by Crippen LogP contribution is 2.25. The van der Waals surface area contributed by atoms with Gasteiger partial charge in [0.25, 0.3) is 0 Å². The Bertz CT molecular complexity index is 675. The third-order valence-corrected chi connectivity index (χ3v) is 4.67.